The molecule has 0 atom stereocenters. The van der Waals surface area contributed by atoms with Gasteiger partial charge in [0.2, 0.25) is 0 Å². The summed E-state index contributed by atoms with van der Waals surface area (Å²) in [6.07, 6.45) is 0. The first-order valence-corrected chi connectivity index (χ1v) is 12.3. The first-order chi connectivity index (χ1) is 17.5. The lowest BCUT2D eigenvalue weighted by Crippen LogP contribution is -2.21. The quantitative estimate of drug-likeness (QED) is 0.184. The molecule has 1 aromatic heterocycles. The Morgan fingerprint density at radius 2 is 1.56 bits per heavy atom. The van der Waals surface area contributed by atoms with Gasteiger partial charge >= 0.3 is 0 Å². The molecule has 0 aliphatic rings. The van der Waals surface area contributed by atoms with E-state index < -0.39 is 0 Å². The van der Waals surface area contributed by atoms with Crippen molar-refractivity contribution >= 4 is 35.0 Å². The fourth-order valence-corrected chi connectivity index (χ4v) is 4.19. The number of rotatable bonds is 9. The molecule has 4 aromatic rings. The van der Waals surface area contributed by atoms with Crippen molar-refractivity contribution < 1.29 is 14.3 Å². The average molecular weight is 522 g/mol. The maximum absolute atomic E-state index is 12.5. The van der Waals surface area contributed by atoms with Gasteiger partial charge < -0.3 is 9.47 Å². The molecule has 10 heteroatoms. The minimum atomic E-state index is -0.260. The maximum atomic E-state index is 12.5. The second kappa shape index (κ2) is 11.7. The van der Waals surface area contributed by atoms with E-state index in [9.17, 15) is 4.79 Å². The molecule has 0 unspecified atom stereocenters. The standard InChI is InChI=1S/C26H24ClN5O3S/c1-17(18-4-12-22(34-2)13-5-18)28-29-24(33)16-36-26-31-30-25(19-6-14-23(35-3)15-7-19)32(26)21-10-8-20(27)9-11-21/h4-15H,16H2,1-3H3,(H,29,33). The van der Waals surface area contributed by atoms with Crippen molar-refractivity contribution in [2.24, 2.45) is 5.10 Å². The molecular formula is C26H24ClN5O3S. The van der Waals surface area contributed by atoms with E-state index in [1.807, 2.05) is 72.2 Å². The van der Waals surface area contributed by atoms with E-state index in [4.69, 9.17) is 21.1 Å². The molecule has 0 radical (unpaired) electrons. The predicted octanol–water partition coefficient (Wildman–Crippen LogP) is 5.24. The molecule has 0 aliphatic carbocycles. The number of carbonyl (C=O) groups excluding carboxylic acids is 1. The van der Waals surface area contributed by atoms with Crippen LogP contribution in [0, 0.1) is 0 Å². The summed E-state index contributed by atoms with van der Waals surface area (Å²) in [4.78, 5) is 12.5. The zero-order chi connectivity index (χ0) is 25.5. The summed E-state index contributed by atoms with van der Waals surface area (Å²) in [5, 5.41) is 14.1. The third-order valence-electron chi connectivity index (χ3n) is 5.25. The monoisotopic (exact) mass is 521 g/mol. The van der Waals surface area contributed by atoms with Crippen LogP contribution in [-0.2, 0) is 4.79 Å². The van der Waals surface area contributed by atoms with Crippen molar-refractivity contribution in [3.8, 4) is 28.6 Å². The number of benzene rings is 3. The molecule has 0 saturated carbocycles. The number of methoxy groups -OCH3 is 2. The highest BCUT2D eigenvalue weighted by molar-refractivity contribution is 7.99. The lowest BCUT2D eigenvalue weighted by Gasteiger charge is -2.11. The van der Waals surface area contributed by atoms with Crippen LogP contribution in [0.15, 0.2) is 83.1 Å². The number of halogens is 1. The highest BCUT2D eigenvalue weighted by Gasteiger charge is 2.17. The van der Waals surface area contributed by atoms with Crippen molar-refractivity contribution in [3.05, 3.63) is 83.4 Å². The van der Waals surface area contributed by atoms with E-state index in [0.717, 1.165) is 28.3 Å². The van der Waals surface area contributed by atoms with E-state index in [-0.39, 0.29) is 11.7 Å². The van der Waals surface area contributed by atoms with Gasteiger partial charge in [-0.25, -0.2) is 5.43 Å². The van der Waals surface area contributed by atoms with Gasteiger partial charge in [0.05, 0.1) is 25.7 Å². The number of amides is 1. The van der Waals surface area contributed by atoms with Crippen molar-refractivity contribution in [3.63, 3.8) is 0 Å². The third kappa shape index (κ3) is 6.05. The molecule has 184 valence electrons. The molecule has 1 amide bonds. The van der Waals surface area contributed by atoms with E-state index >= 15 is 0 Å². The van der Waals surface area contributed by atoms with Crippen LogP contribution in [0.25, 0.3) is 17.1 Å². The van der Waals surface area contributed by atoms with Crippen molar-refractivity contribution in [2.45, 2.75) is 12.1 Å². The number of carbonyl (C=O) groups is 1. The Hall–Kier alpha value is -3.82. The number of hydrogen-bond donors (Lipinski definition) is 1. The molecule has 36 heavy (non-hydrogen) atoms. The van der Waals surface area contributed by atoms with Gasteiger partial charge in [0.15, 0.2) is 11.0 Å². The van der Waals surface area contributed by atoms with Crippen LogP contribution < -0.4 is 14.9 Å². The van der Waals surface area contributed by atoms with Gasteiger partial charge in [-0.05, 0) is 85.3 Å². The SMILES string of the molecule is COc1ccc(C(C)=NNC(=O)CSc2nnc(-c3ccc(OC)cc3)n2-c2ccc(Cl)cc2)cc1. The van der Waals surface area contributed by atoms with Crippen LogP contribution in [0.1, 0.15) is 12.5 Å². The summed E-state index contributed by atoms with van der Waals surface area (Å²) in [5.41, 5.74) is 5.85. The Kier molecular flexibility index (Phi) is 8.24. The molecule has 8 nitrogen and oxygen atoms in total. The molecule has 1 N–H and O–H groups in total. The number of hydrazone groups is 1. The first-order valence-electron chi connectivity index (χ1n) is 10.9. The van der Waals surface area contributed by atoms with Gasteiger partial charge in [0.1, 0.15) is 11.5 Å². The summed E-state index contributed by atoms with van der Waals surface area (Å²) in [6.45, 7) is 1.83. The van der Waals surface area contributed by atoms with Crippen molar-refractivity contribution in [2.75, 3.05) is 20.0 Å². The fourth-order valence-electron chi connectivity index (χ4n) is 3.32. The Labute approximate surface area is 218 Å². The van der Waals surface area contributed by atoms with Crippen LogP contribution >= 0.6 is 23.4 Å². The first kappa shape index (κ1) is 25.3. The van der Waals surface area contributed by atoms with Crippen molar-refractivity contribution in [1.29, 1.82) is 0 Å². The lowest BCUT2D eigenvalue weighted by molar-refractivity contribution is -0.118. The van der Waals surface area contributed by atoms with Gasteiger partial charge in [-0.3, -0.25) is 9.36 Å². The van der Waals surface area contributed by atoms with E-state index in [1.165, 1.54) is 11.8 Å². The number of ether oxygens (including phenoxy) is 2. The normalized spacial score (nSPS) is 11.3. The smallest absolute Gasteiger partial charge is 0.250 e. The molecular weight excluding hydrogens is 498 g/mol. The highest BCUT2D eigenvalue weighted by Crippen LogP contribution is 2.29. The number of hydrogen-bond acceptors (Lipinski definition) is 7. The van der Waals surface area contributed by atoms with Gasteiger partial charge in [0, 0.05) is 16.3 Å². The number of aromatic nitrogens is 3. The van der Waals surface area contributed by atoms with Crippen LogP contribution in [0.4, 0.5) is 0 Å². The largest absolute Gasteiger partial charge is 0.497 e. The lowest BCUT2D eigenvalue weighted by atomic mass is 10.1. The summed E-state index contributed by atoms with van der Waals surface area (Å²) < 4.78 is 12.3. The number of nitrogens with one attached hydrogen (secondary N) is 1. The molecule has 0 aliphatic heterocycles. The van der Waals surface area contributed by atoms with Gasteiger partial charge in [0.25, 0.3) is 5.91 Å². The summed E-state index contributed by atoms with van der Waals surface area (Å²) in [6, 6.07) is 22.4. The van der Waals surface area contributed by atoms with E-state index in [1.54, 1.807) is 26.4 Å². The molecule has 0 spiro atoms. The van der Waals surface area contributed by atoms with Crippen LogP contribution in [0.2, 0.25) is 5.02 Å². The molecule has 0 saturated heterocycles. The fraction of sp³-hybridized carbons (Fsp3) is 0.154. The molecule has 0 fully saturated rings. The Morgan fingerprint density at radius 1 is 0.944 bits per heavy atom. The van der Waals surface area contributed by atoms with E-state index in [0.29, 0.717) is 21.7 Å². The minimum absolute atomic E-state index is 0.105. The van der Waals surface area contributed by atoms with Crippen LogP contribution in [0.3, 0.4) is 0 Å². The van der Waals surface area contributed by atoms with E-state index in [2.05, 4.69) is 20.7 Å². The van der Waals surface area contributed by atoms with Gasteiger partial charge in [-0.2, -0.15) is 5.10 Å². The average Bonchev–Trinajstić information content (AvgIpc) is 3.35. The maximum Gasteiger partial charge on any atom is 0.250 e. The molecule has 0 bridgehead atoms. The predicted molar refractivity (Wildman–Crippen MR) is 142 cm³/mol. The zero-order valence-corrected chi connectivity index (χ0v) is 21.5. The summed E-state index contributed by atoms with van der Waals surface area (Å²) >= 11 is 7.36. The van der Waals surface area contributed by atoms with Crippen molar-refractivity contribution in [1.82, 2.24) is 20.2 Å². The second-order valence-corrected chi connectivity index (χ2v) is 8.97. The van der Waals surface area contributed by atoms with Crippen LogP contribution in [0.5, 0.6) is 11.5 Å². The second-order valence-electron chi connectivity index (χ2n) is 7.60. The molecule has 4 rings (SSSR count). The number of thioether (sulfide) groups is 1. The third-order valence-corrected chi connectivity index (χ3v) is 6.44. The Balaban J connectivity index is 1.51. The van der Waals surface area contributed by atoms with Gasteiger partial charge in [-0.1, -0.05) is 23.4 Å². The minimum Gasteiger partial charge on any atom is -0.497 e. The topological polar surface area (TPSA) is 90.6 Å². The highest BCUT2D eigenvalue weighted by atomic mass is 35.5. The molecule has 1 heterocycles. The van der Waals surface area contributed by atoms with Gasteiger partial charge in [-0.15, -0.1) is 10.2 Å². The zero-order valence-electron chi connectivity index (χ0n) is 19.9. The number of nitrogens with zero attached hydrogens (tertiary/aromatic N) is 4. The summed E-state index contributed by atoms with van der Waals surface area (Å²) in [5.74, 6) is 1.98. The molecule has 3 aromatic carbocycles. The van der Waals surface area contributed by atoms with Crippen LogP contribution in [-0.4, -0.2) is 46.4 Å². The summed E-state index contributed by atoms with van der Waals surface area (Å²) in [7, 11) is 3.23. The Bertz CT molecular complexity index is 1350. The Morgan fingerprint density at radius 3 is 2.17 bits per heavy atom.